The lowest BCUT2D eigenvalue weighted by molar-refractivity contribution is 0.437. The average molecular weight is 470 g/mol. The molecule has 4 aromatic rings. The molecule has 0 bridgehead atoms. The Balaban J connectivity index is 2.11. The summed E-state index contributed by atoms with van der Waals surface area (Å²) in [4.78, 5) is 44.3. The number of aromatic hydroxyl groups is 1. The summed E-state index contributed by atoms with van der Waals surface area (Å²) in [6, 6.07) is 5.69. The molecule has 0 aliphatic heterocycles. The minimum Gasteiger partial charge on any atom is -0.494 e. The van der Waals surface area contributed by atoms with Crippen molar-refractivity contribution in [3.63, 3.8) is 0 Å². The van der Waals surface area contributed by atoms with Gasteiger partial charge in [-0.3, -0.25) is 23.3 Å². The number of aryl methyl sites for hydroxylation is 1. The molecule has 1 N–H and O–H groups in total. The molecular weight excluding hydrogens is 441 g/mol. The number of rotatable bonds is 8. The Kier molecular flexibility index (Phi) is 6.41. The second-order valence-electron chi connectivity index (χ2n) is 8.48. The Morgan fingerprint density at radius 3 is 2.15 bits per heavy atom. The van der Waals surface area contributed by atoms with Crippen molar-refractivity contribution in [2.75, 3.05) is 0 Å². The van der Waals surface area contributed by atoms with Crippen LogP contribution in [0.4, 0.5) is 4.39 Å². The molecule has 10 heteroatoms. The maximum Gasteiger partial charge on any atom is 0.332 e. The Hall–Kier alpha value is -3.69. The predicted molar refractivity (Wildman–Crippen MR) is 127 cm³/mol. The van der Waals surface area contributed by atoms with Crippen LogP contribution in [-0.2, 0) is 19.6 Å². The van der Waals surface area contributed by atoms with E-state index in [2.05, 4.69) is 4.98 Å². The van der Waals surface area contributed by atoms with E-state index in [-0.39, 0.29) is 35.6 Å². The van der Waals surface area contributed by atoms with Crippen LogP contribution in [0.3, 0.4) is 0 Å². The van der Waals surface area contributed by atoms with Crippen molar-refractivity contribution in [3.8, 4) is 5.88 Å². The maximum absolute atomic E-state index is 13.5. The van der Waals surface area contributed by atoms with Crippen molar-refractivity contribution in [1.82, 2.24) is 23.1 Å². The van der Waals surface area contributed by atoms with E-state index < -0.39 is 28.5 Å². The van der Waals surface area contributed by atoms with Crippen LogP contribution in [0.1, 0.15) is 50.7 Å². The number of unbranched alkanes of at least 4 members (excludes halogenated alkanes) is 2. The molecule has 0 unspecified atom stereocenters. The van der Waals surface area contributed by atoms with E-state index in [4.69, 9.17) is 0 Å². The van der Waals surface area contributed by atoms with E-state index in [1.165, 1.54) is 37.2 Å². The van der Waals surface area contributed by atoms with Gasteiger partial charge < -0.3 is 5.11 Å². The van der Waals surface area contributed by atoms with Gasteiger partial charge in [-0.1, -0.05) is 38.8 Å². The molecule has 180 valence electrons. The summed E-state index contributed by atoms with van der Waals surface area (Å²) in [7, 11) is 0. The van der Waals surface area contributed by atoms with Gasteiger partial charge in [0.1, 0.15) is 5.82 Å². The molecule has 3 heterocycles. The fraction of sp³-hybridized carbons (Fsp3) is 0.417. The first-order valence-electron chi connectivity index (χ1n) is 11.5. The van der Waals surface area contributed by atoms with Crippen LogP contribution in [-0.4, -0.2) is 28.2 Å². The smallest absolute Gasteiger partial charge is 0.332 e. The second kappa shape index (κ2) is 9.28. The lowest BCUT2D eigenvalue weighted by Crippen LogP contribution is -2.40. The SMILES string of the molecule is CCCCn1c(=O)c2c(nc3n(Cc4ccc(F)cc4)c(=O)c(C)c(O)n23)n(CCCC)c1=O. The van der Waals surface area contributed by atoms with Gasteiger partial charge in [0.15, 0.2) is 11.2 Å². The second-order valence-corrected chi connectivity index (χ2v) is 8.48. The minimum absolute atomic E-state index is 0.0414. The predicted octanol–water partition coefficient (Wildman–Crippen LogP) is 2.77. The lowest BCUT2D eigenvalue weighted by atomic mass is 10.2. The van der Waals surface area contributed by atoms with Gasteiger partial charge in [0.05, 0.1) is 12.1 Å². The van der Waals surface area contributed by atoms with E-state index in [1.54, 1.807) is 12.1 Å². The van der Waals surface area contributed by atoms with Crippen molar-refractivity contribution in [3.05, 3.63) is 72.4 Å². The summed E-state index contributed by atoms with van der Waals surface area (Å²) in [5, 5.41) is 10.9. The van der Waals surface area contributed by atoms with Gasteiger partial charge in [-0.05, 0) is 37.5 Å². The Morgan fingerprint density at radius 2 is 1.53 bits per heavy atom. The molecule has 0 atom stereocenters. The number of hydrogen-bond donors (Lipinski definition) is 1. The van der Waals surface area contributed by atoms with E-state index in [9.17, 15) is 23.9 Å². The van der Waals surface area contributed by atoms with E-state index in [0.717, 1.165) is 12.8 Å². The highest BCUT2D eigenvalue weighted by atomic mass is 19.1. The number of aromatic nitrogens is 5. The van der Waals surface area contributed by atoms with Gasteiger partial charge in [0.25, 0.3) is 11.1 Å². The van der Waals surface area contributed by atoms with Crippen molar-refractivity contribution < 1.29 is 9.50 Å². The number of hydrogen-bond acceptors (Lipinski definition) is 5. The first-order valence-corrected chi connectivity index (χ1v) is 11.5. The normalized spacial score (nSPS) is 11.6. The molecule has 34 heavy (non-hydrogen) atoms. The number of fused-ring (bicyclic) bond motifs is 3. The van der Waals surface area contributed by atoms with Crippen LogP contribution in [0.5, 0.6) is 5.88 Å². The standard InChI is InChI=1S/C24H28FN5O4/c1-4-6-12-27-19-18(22(33)28(24(27)34)13-7-5-2)30-21(32)15(3)20(31)29(23(30)26-19)14-16-8-10-17(25)11-9-16/h8-11,32H,4-7,12-14H2,1-3H3. The number of nitrogens with zero attached hydrogens (tertiary/aromatic N) is 5. The van der Waals surface area contributed by atoms with Crippen LogP contribution in [0.2, 0.25) is 0 Å². The molecule has 4 rings (SSSR count). The fourth-order valence-electron chi connectivity index (χ4n) is 4.11. The highest BCUT2D eigenvalue weighted by Gasteiger charge is 2.24. The summed E-state index contributed by atoms with van der Waals surface area (Å²) in [6.45, 7) is 6.08. The number of benzene rings is 1. The third-order valence-electron chi connectivity index (χ3n) is 6.09. The Morgan fingerprint density at radius 1 is 0.912 bits per heavy atom. The summed E-state index contributed by atoms with van der Waals surface area (Å²) in [5.41, 5.74) is -0.633. The zero-order valence-corrected chi connectivity index (χ0v) is 19.5. The van der Waals surface area contributed by atoms with Crippen LogP contribution < -0.4 is 16.8 Å². The molecule has 0 amide bonds. The van der Waals surface area contributed by atoms with Crippen molar-refractivity contribution in [2.24, 2.45) is 0 Å². The van der Waals surface area contributed by atoms with E-state index >= 15 is 0 Å². The monoisotopic (exact) mass is 469 g/mol. The minimum atomic E-state index is -0.560. The maximum atomic E-state index is 13.5. The summed E-state index contributed by atoms with van der Waals surface area (Å²) < 4.78 is 18.6. The third-order valence-corrected chi connectivity index (χ3v) is 6.09. The lowest BCUT2D eigenvalue weighted by Gasteiger charge is -2.12. The summed E-state index contributed by atoms with van der Waals surface area (Å²) >= 11 is 0. The summed E-state index contributed by atoms with van der Waals surface area (Å²) in [6.07, 6.45) is 2.97. The van der Waals surface area contributed by atoms with Crippen molar-refractivity contribution >= 4 is 16.9 Å². The number of halogens is 1. The molecule has 1 aromatic carbocycles. The number of imidazole rings is 1. The first-order chi connectivity index (χ1) is 16.3. The van der Waals surface area contributed by atoms with Gasteiger partial charge in [0.2, 0.25) is 11.7 Å². The molecule has 0 saturated carbocycles. The highest BCUT2D eigenvalue weighted by molar-refractivity contribution is 5.76. The van der Waals surface area contributed by atoms with Crippen molar-refractivity contribution in [2.45, 2.75) is 66.1 Å². The zero-order valence-electron chi connectivity index (χ0n) is 19.5. The molecule has 0 aliphatic rings. The van der Waals surface area contributed by atoms with Gasteiger partial charge in [-0.2, -0.15) is 4.98 Å². The topological polar surface area (TPSA) is 104 Å². The Labute approximate surface area is 194 Å². The van der Waals surface area contributed by atoms with Crippen molar-refractivity contribution in [1.29, 1.82) is 0 Å². The quantitative estimate of drug-likeness (QED) is 0.427. The van der Waals surface area contributed by atoms with Crippen LogP contribution in [0.15, 0.2) is 38.6 Å². The van der Waals surface area contributed by atoms with Gasteiger partial charge in [-0.25, -0.2) is 13.6 Å². The molecule has 9 nitrogen and oxygen atoms in total. The summed E-state index contributed by atoms with van der Waals surface area (Å²) in [5.74, 6) is -0.748. The molecule has 0 saturated heterocycles. The Bertz CT molecular complexity index is 1540. The molecule has 0 radical (unpaired) electrons. The van der Waals surface area contributed by atoms with Crippen LogP contribution in [0, 0.1) is 12.7 Å². The third kappa shape index (κ3) is 3.82. The molecule has 3 aromatic heterocycles. The van der Waals surface area contributed by atoms with Gasteiger partial charge in [0, 0.05) is 13.1 Å². The molecule has 0 spiro atoms. The highest BCUT2D eigenvalue weighted by Crippen LogP contribution is 2.22. The molecule has 0 aliphatic carbocycles. The van der Waals surface area contributed by atoms with E-state index in [1.807, 2.05) is 13.8 Å². The largest absolute Gasteiger partial charge is 0.494 e. The van der Waals surface area contributed by atoms with Gasteiger partial charge in [-0.15, -0.1) is 0 Å². The van der Waals surface area contributed by atoms with E-state index in [0.29, 0.717) is 24.9 Å². The molecule has 0 fully saturated rings. The fourth-order valence-corrected chi connectivity index (χ4v) is 4.11. The zero-order chi connectivity index (χ0) is 24.6. The first kappa shape index (κ1) is 23.5. The van der Waals surface area contributed by atoms with Crippen LogP contribution in [0.25, 0.3) is 16.9 Å². The van der Waals surface area contributed by atoms with Crippen LogP contribution >= 0.6 is 0 Å². The molecular formula is C24H28FN5O4. The van der Waals surface area contributed by atoms with Gasteiger partial charge >= 0.3 is 5.69 Å². The average Bonchev–Trinajstić information content (AvgIpc) is 3.22.